The van der Waals surface area contributed by atoms with E-state index in [0.717, 1.165) is 11.6 Å². The largest absolute Gasteiger partial charge is 0.374 e. The average Bonchev–Trinajstić information content (AvgIpc) is 3.08. The number of primary sulfonamides is 1. The van der Waals surface area contributed by atoms with E-state index in [-0.39, 0.29) is 17.1 Å². The summed E-state index contributed by atoms with van der Waals surface area (Å²) >= 11 is 0. The fraction of sp³-hybridized carbons (Fsp3) is 0.0625. The normalized spacial score (nSPS) is 11.3. The molecule has 9 nitrogen and oxygen atoms in total. The van der Waals surface area contributed by atoms with Crippen molar-refractivity contribution < 1.29 is 17.9 Å². The molecule has 0 unspecified atom stereocenters. The molecule has 0 aliphatic heterocycles. The maximum Gasteiger partial charge on any atom is 0.293 e. The summed E-state index contributed by atoms with van der Waals surface area (Å²) in [7, 11) is -4.03. The van der Waals surface area contributed by atoms with Gasteiger partial charge in [0.05, 0.1) is 16.4 Å². The second kappa shape index (κ2) is 6.94. The first-order chi connectivity index (χ1) is 12.3. The number of sulfonamides is 1. The Labute approximate surface area is 148 Å². The maximum absolute atomic E-state index is 11.3. The number of aromatic nitrogens is 1. The highest BCUT2D eigenvalue weighted by Gasteiger charge is 2.19. The number of nitro benzene ring substituents is 1. The zero-order valence-electron chi connectivity index (χ0n) is 13.3. The number of hydrogen-bond acceptors (Lipinski definition) is 7. The number of nitrogens with one attached hydrogen (secondary N) is 1. The van der Waals surface area contributed by atoms with Gasteiger partial charge in [0.15, 0.2) is 5.76 Å². The molecule has 1 heterocycles. The van der Waals surface area contributed by atoms with Crippen LogP contribution in [0.2, 0.25) is 0 Å². The Kier molecular flexibility index (Phi) is 4.69. The molecule has 0 atom stereocenters. The zero-order chi connectivity index (χ0) is 18.7. The monoisotopic (exact) mass is 374 g/mol. The fourth-order valence-corrected chi connectivity index (χ4v) is 2.84. The standard InChI is InChI=1S/C16H14N4O5S/c17-26(23,24)13-6-7-14(15(9-13)20(21)22)18-10-12-8-16(25-19-12)11-4-2-1-3-5-11/h1-9,18H,10H2,(H2,17,23,24). The van der Waals surface area contributed by atoms with Crippen molar-refractivity contribution in [2.45, 2.75) is 11.4 Å². The van der Waals surface area contributed by atoms with Crippen molar-refractivity contribution in [3.8, 4) is 11.3 Å². The minimum Gasteiger partial charge on any atom is -0.374 e. The second-order valence-corrected chi connectivity index (χ2v) is 6.94. The number of nitrogens with zero attached hydrogens (tertiary/aromatic N) is 2. The summed E-state index contributed by atoms with van der Waals surface area (Å²) in [5.74, 6) is 0.571. The Morgan fingerprint density at radius 1 is 1.15 bits per heavy atom. The molecule has 0 radical (unpaired) electrons. The summed E-state index contributed by atoms with van der Waals surface area (Å²) in [6.07, 6.45) is 0. The molecule has 3 aromatic rings. The number of anilines is 1. The van der Waals surface area contributed by atoms with Gasteiger partial charge >= 0.3 is 0 Å². The third kappa shape index (κ3) is 3.87. The molecule has 10 heteroatoms. The summed E-state index contributed by atoms with van der Waals surface area (Å²) < 4.78 is 28.0. The van der Waals surface area contributed by atoms with E-state index in [1.54, 1.807) is 6.07 Å². The molecule has 3 rings (SSSR count). The van der Waals surface area contributed by atoms with Crippen LogP contribution in [-0.2, 0) is 16.6 Å². The van der Waals surface area contributed by atoms with Crippen molar-refractivity contribution in [2.75, 3.05) is 5.32 Å². The van der Waals surface area contributed by atoms with Crippen LogP contribution >= 0.6 is 0 Å². The predicted molar refractivity (Wildman–Crippen MR) is 93.7 cm³/mol. The van der Waals surface area contributed by atoms with Gasteiger partial charge in [0.2, 0.25) is 10.0 Å². The Balaban J connectivity index is 1.80. The molecule has 0 aliphatic rings. The number of benzene rings is 2. The smallest absolute Gasteiger partial charge is 0.293 e. The van der Waals surface area contributed by atoms with Gasteiger partial charge in [0.25, 0.3) is 5.69 Å². The van der Waals surface area contributed by atoms with Crippen LogP contribution < -0.4 is 10.5 Å². The van der Waals surface area contributed by atoms with Gasteiger partial charge in [-0.15, -0.1) is 0 Å². The molecule has 1 aromatic heterocycles. The second-order valence-electron chi connectivity index (χ2n) is 5.38. The van der Waals surface area contributed by atoms with E-state index in [2.05, 4.69) is 10.5 Å². The molecule has 0 fully saturated rings. The van der Waals surface area contributed by atoms with Crippen LogP contribution in [0, 0.1) is 10.1 Å². The van der Waals surface area contributed by atoms with Crippen molar-refractivity contribution in [2.24, 2.45) is 5.14 Å². The third-order valence-corrected chi connectivity index (χ3v) is 4.48. The van der Waals surface area contributed by atoms with E-state index in [0.29, 0.717) is 11.5 Å². The zero-order valence-corrected chi connectivity index (χ0v) is 14.1. The fourth-order valence-electron chi connectivity index (χ4n) is 2.31. The molecule has 26 heavy (non-hydrogen) atoms. The topological polar surface area (TPSA) is 141 Å². The van der Waals surface area contributed by atoms with E-state index in [4.69, 9.17) is 9.66 Å². The van der Waals surface area contributed by atoms with E-state index >= 15 is 0 Å². The maximum atomic E-state index is 11.3. The van der Waals surface area contributed by atoms with Crippen molar-refractivity contribution in [3.63, 3.8) is 0 Å². The Bertz CT molecular complexity index is 1050. The molecule has 0 bridgehead atoms. The third-order valence-electron chi connectivity index (χ3n) is 3.57. The van der Waals surface area contributed by atoms with Crippen LogP contribution in [0.5, 0.6) is 0 Å². The Hall–Kier alpha value is -3.24. The Morgan fingerprint density at radius 2 is 1.88 bits per heavy atom. The van der Waals surface area contributed by atoms with Crippen LogP contribution in [-0.4, -0.2) is 18.5 Å². The number of nitrogens with two attached hydrogens (primary N) is 1. The van der Waals surface area contributed by atoms with Crippen molar-refractivity contribution >= 4 is 21.4 Å². The lowest BCUT2D eigenvalue weighted by Gasteiger charge is -2.06. The van der Waals surface area contributed by atoms with Gasteiger partial charge in [-0.3, -0.25) is 10.1 Å². The average molecular weight is 374 g/mol. The van der Waals surface area contributed by atoms with Gasteiger partial charge < -0.3 is 9.84 Å². The first-order valence-electron chi connectivity index (χ1n) is 7.41. The van der Waals surface area contributed by atoms with Crippen LogP contribution in [0.25, 0.3) is 11.3 Å². The lowest BCUT2D eigenvalue weighted by molar-refractivity contribution is -0.384. The van der Waals surface area contributed by atoms with Crippen LogP contribution in [0.4, 0.5) is 11.4 Å². The van der Waals surface area contributed by atoms with Crippen molar-refractivity contribution in [1.82, 2.24) is 5.16 Å². The van der Waals surface area contributed by atoms with Gasteiger partial charge in [-0.2, -0.15) is 0 Å². The van der Waals surface area contributed by atoms with E-state index in [9.17, 15) is 18.5 Å². The van der Waals surface area contributed by atoms with Crippen LogP contribution in [0.3, 0.4) is 0 Å². The lowest BCUT2D eigenvalue weighted by Crippen LogP contribution is -2.13. The highest BCUT2D eigenvalue weighted by molar-refractivity contribution is 7.89. The van der Waals surface area contributed by atoms with Crippen LogP contribution in [0.15, 0.2) is 64.0 Å². The summed E-state index contributed by atoms with van der Waals surface area (Å²) in [5, 5.41) is 23.0. The summed E-state index contributed by atoms with van der Waals surface area (Å²) in [6.45, 7) is 0.159. The molecule has 3 N–H and O–H groups in total. The van der Waals surface area contributed by atoms with Gasteiger partial charge in [-0.25, -0.2) is 13.6 Å². The molecule has 0 spiro atoms. The number of rotatable bonds is 6. The van der Waals surface area contributed by atoms with Gasteiger partial charge in [0, 0.05) is 17.7 Å². The molecule has 0 aliphatic carbocycles. The summed E-state index contributed by atoms with van der Waals surface area (Å²) in [4.78, 5) is 10.2. The predicted octanol–water partition coefficient (Wildman–Crippen LogP) is 2.51. The van der Waals surface area contributed by atoms with Gasteiger partial charge in [-0.05, 0) is 12.1 Å². The van der Waals surface area contributed by atoms with Crippen LogP contribution in [0.1, 0.15) is 5.69 Å². The SMILES string of the molecule is NS(=O)(=O)c1ccc(NCc2cc(-c3ccccc3)on2)c([N+](=O)[O-])c1. The molecule has 0 saturated heterocycles. The van der Waals surface area contributed by atoms with Gasteiger partial charge in [0.1, 0.15) is 11.4 Å². The quantitative estimate of drug-likeness (QED) is 0.498. The first kappa shape index (κ1) is 17.6. The first-order valence-corrected chi connectivity index (χ1v) is 8.95. The van der Waals surface area contributed by atoms with E-state index in [1.165, 1.54) is 12.1 Å². The van der Waals surface area contributed by atoms with Crippen molar-refractivity contribution in [1.29, 1.82) is 0 Å². The molecular weight excluding hydrogens is 360 g/mol. The molecule has 2 aromatic carbocycles. The number of hydrogen-bond donors (Lipinski definition) is 2. The summed E-state index contributed by atoms with van der Waals surface area (Å²) in [5.41, 5.74) is 1.14. The minimum absolute atomic E-state index is 0.145. The Morgan fingerprint density at radius 3 is 2.54 bits per heavy atom. The molecular formula is C16H14N4O5S. The van der Waals surface area contributed by atoms with Crippen molar-refractivity contribution in [3.05, 3.63) is 70.4 Å². The summed E-state index contributed by atoms with van der Waals surface area (Å²) in [6, 6.07) is 14.5. The lowest BCUT2D eigenvalue weighted by atomic mass is 10.1. The van der Waals surface area contributed by atoms with E-state index < -0.39 is 20.6 Å². The highest BCUT2D eigenvalue weighted by Crippen LogP contribution is 2.28. The molecule has 0 saturated carbocycles. The number of nitro groups is 1. The van der Waals surface area contributed by atoms with E-state index in [1.807, 2.05) is 30.3 Å². The van der Waals surface area contributed by atoms with Gasteiger partial charge in [-0.1, -0.05) is 35.5 Å². The molecule has 0 amide bonds. The minimum atomic E-state index is -4.03. The highest BCUT2D eigenvalue weighted by atomic mass is 32.2. The molecule has 134 valence electrons.